The Bertz CT molecular complexity index is 1230. The molecule has 0 aliphatic carbocycles. The van der Waals surface area contributed by atoms with Gasteiger partial charge < -0.3 is 19.1 Å². The van der Waals surface area contributed by atoms with Gasteiger partial charge >= 0.3 is 0 Å². The van der Waals surface area contributed by atoms with E-state index in [4.69, 9.17) is 14.2 Å². The van der Waals surface area contributed by atoms with Crippen molar-refractivity contribution < 1.29 is 28.6 Å². The molecule has 0 bridgehead atoms. The maximum atomic E-state index is 13.1. The van der Waals surface area contributed by atoms with Gasteiger partial charge in [-0.15, -0.1) is 0 Å². The quantitative estimate of drug-likeness (QED) is 0.270. The number of hydrogen-bond donors (Lipinski definition) is 1. The normalized spacial score (nSPS) is 19.7. The van der Waals surface area contributed by atoms with Crippen molar-refractivity contribution in [3.05, 3.63) is 64.7 Å². The summed E-state index contributed by atoms with van der Waals surface area (Å²) in [5.74, 6) is -0.255. The van der Waals surface area contributed by atoms with Gasteiger partial charge in [0, 0.05) is 63.4 Å². The fourth-order valence-corrected chi connectivity index (χ4v) is 5.68. The first-order valence-electron chi connectivity index (χ1n) is 15.1. The SMILES string of the molecule is CCCOCCOCCN1CCN(Cc2ccc(COc3cccc4c3CN([C@H]3CCC(=O)NC3=O)C4=O)cc2)CC1. The van der Waals surface area contributed by atoms with Crippen LogP contribution in [0.25, 0.3) is 0 Å². The zero-order chi connectivity index (χ0) is 29.3. The van der Waals surface area contributed by atoms with Gasteiger partial charge in [0.2, 0.25) is 11.8 Å². The largest absolute Gasteiger partial charge is 0.489 e. The summed E-state index contributed by atoms with van der Waals surface area (Å²) >= 11 is 0. The number of ether oxygens (including phenoxy) is 3. The van der Waals surface area contributed by atoms with E-state index in [1.54, 1.807) is 17.0 Å². The Morgan fingerprint density at radius 3 is 2.31 bits per heavy atom. The highest BCUT2D eigenvalue weighted by Gasteiger charge is 2.40. The summed E-state index contributed by atoms with van der Waals surface area (Å²) in [7, 11) is 0. The number of benzene rings is 2. The van der Waals surface area contributed by atoms with Crippen molar-refractivity contribution in [1.82, 2.24) is 20.0 Å². The van der Waals surface area contributed by atoms with Crippen LogP contribution in [0.15, 0.2) is 42.5 Å². The molecule has 0 saturated carbocycles. The number of piperazine rings is 1. The Morgan fingerprint density at radius 1 is 0.857 bits per heavy atom. The predicted molar refractivity (Wildman–Crippen MR) is 157 cm³/mol. The lowest BCUT2D eigenvalue weighted by molar-refractivity contribution is -0.136. The molecule has 1 atom stereocenters. The minimum atomic E-state index is -0.638. The molecule has 5 rings (SSSR count). The molecule has 2 fully saturated rings. The zero-order valence-corrected chi connectivity index (χ0v) is 24.5. The molecule has 3 amide bonds. The van der Waals surface area contributed by atoms with Crippen molar-refractivity contribution in [3.8, 4) is 5.75 Å². The number of carbonyl (C=O) groups is 3. The molecule has 0 radical (unpaired) electrons. The van der Waals surface area contributed by atoms with E-state index in [9.17, 15) is 14.4 Å². The van der Waals surface area contributed by atoms with Gasteiger partial charge in [-0.2, -0.15) is 0 Å². The van der Waals surface area contributed by atoms with Crippen molar-refractivity contribution in [2.24, 2.45) is 0 Å². The number of carbonyl (C=O) groups excluding carboxylic acids is 3. The van der Waals surface area contributed by atoms with Gasteiger partial charge in [-0.05, 0) is 36.1 Å². The summed E-state index contributed by atoms with van der Waals surface area (Å²) in [6.07, 6.45) is 1.61. The molecule has 0 aromatic heterocycles. The van der Waals surface area contributed by atoms with E-state index in [-0.39, 0.29) is 18.2 Å². The Morgan fingerprint density at radius 2 is 1.57 bits per heavy atom. The van der Waals surface area contributed by atoms with Crippen molar-refractivity contribution >= 4 is 17.7 Å². The van der Waals surface area contributed by atoms with E-state index in [0.717, 1.165) is 70.0 Å². The predicted octanol–water partition coefficient (Wildman–Crippen LogP) is 2.59. The standard InChI is InChI=1S/C32H42N4O6/c1-2-17-40-19-20-41-18-16-34-12-14-35(15-13-34)21-24-6-8-25(9-7-24)23-42-29-5-3-4-26-27(29)22-36(32(26)39)28-10-11-30(37)33-31(28)38/h3-9,28H,2,10-23H2,1H3,(H,33,37,38)/t28-/m0/s1. The molecule has 2 aromatic carbocycles. The third-order valence-electron chi connectivity index (χ3n) is 8.10. The number of piperidine rings is 1. The highest BCUT2D eigenvalue weighted by molar-refractivity contribution is 6.05. The van der Waals surface area contributed by atoms with E-state index in [1.165, 1.54) is 5.56 Å². The van der Waals surface area contributed by atoms with E-state index >= 15 is 0 Å². The van der Waals surface area contributed by atoms with Crippen LogP contribution < -0.4 is 10.1 Å². The number of nitrogens with zero attached hydrogens (tertiary/aromatic N) is 3. The van der Waals surface area contributed by atoms with Crippen LogP contribution in [-0.2, 0) is 38.8 Å². The van der Waals surface area contributed by atoms with Crippen molar-refractivity contribution in [1.29, 1.82) is 0 Å². The average Bonchev–Trinajstić information content (AvgIpc) is 3.33. The number of fused-ring (bicyclic) bond motifs is 1. The van der Waals surface area contributed by atoms with E-state index in [2.05, 4.69) is 46.3 Å². The highest BCUT2D eigenvalue weighted by Crippen LogP contribution is 2.34. The third-order valence-corrected chi connectivity index (χ3v) is 8.10. The van der Waals surface area contributed by atoms with E-state index < -0.39 is 11.9 Å². The van der Waals surface area contributed by atoms with Gasteiger partial charge in [-0.1, -0.05) is 37.3 Å². The zero-order valence-electron chi connectivity index (χ0n) is 24.5. The van der Waals surface area contributed by atoms with Crippen LogP contribution in [0.2, 0.25) is 0 Å². The second-order valence-electron chi connectivity index (χ2n) is 11.1. The Hall–Kier alpha value is -3.31. The Labute approximate surface area is 247 Å². The third kappa shape index (κ3) is 7.74. The molecular formula is C32H42N4O6. The Kier molecular flexibility index (Phi) is 10.6. The summed E-state index contributed by atoms with van der Waals surface area (Å²) in [4.78, 5) is 43.5. The first kappa shape index (κ1) is 30.2. The molecule has 0 unspecified atom stereocenters. The van der Waals surface area contributed by atoms with Crippen LogP contribution in [0.5, 0.6) is 5.75 Å². The summed E-state index contributed by atoms with van der Waals surface area (Å²) < 4.78 is 17.3. The summed E-state index contributed by atoms with van der Waals surface area (Å²) in [5.41, 5.74) is 3.66. The van der Waals surface area contributed by atoms with Crippen LogP contribution in [0.3, 0.4) is 0 Å². The molecular weight excluding hydrogens is 536 g/mol. The molecule has 3 aliphatic rings. The lowest BCUT2D eigenvalue weighted by Gasteiger charge is -2.34. The van der Waals surface area contributed by atoms with Crippen LogP contribution in [0.1, 0.15) is 53.2 Å². The van der Waals surface area contributed by atoms with Crippen molar-refractivity contribution in [2.45, 2.75) is 51.9 Å². The molecule has 2 saturated heterocycles. The highest BCUT2D eigenvalue weighted by atomic mass is 16.5. The fourth-order valence-electron chi connectivity index (χ4n) is 5.68. The molecule has 1 N–H and O–H groups in total. The average molecular weight is 579 g/mol. The smallest absolute Gasteiger partial charge is 0.255 e. The van der Waals surface area contributed by atoms with Gasteiger partial charge in [-0.25, -0.2) is 0 Å². The maximum absolute atomic E-state index is 13.1. The van der Waals surface area contributed by atoms with Gasteiger partial charge in [0.1, 0.15) is 18.4 Å². The molecule has 3 aliphatic heterocycles. The van der Waals surface area contributed by atoms with Gasteiger partial charge in [0.15, 0.2) is 0 Å². The number of nitrogens with one attached hydrogen (secondary N) is 1. The van der Waals surface area contributed by atoms with Gasteiger partial charge in [0.25, 0.3) is 5.91 Å². The second-order valence-corrected chi connectivity index (χ2v) is 11.1. The molecule has 3 heterocycles. The number of amides is 3. The monoisotopic (exact) mass is 578 g/mol. The molecule has 2 aromatic rings. The summed E-state index contributed by atoms with van der Waals surface area (Å²) in [6, 6.07) is 13.3. The topological polar surface area (TPSA) is 101 Å². The lowest BCUT2D eigenvalue weighted by Crippen LogP contribution is -2.52. The molecule has 10 nitrogen and oxygen atoms in total. The first-order valence-corrected chi connectivity index (χ1v) is 15.1. The number of imide groups is 1. The van der Waals surface area contributed by atoms with E-state index in [0.29, 0.717) is 44.1 Å². The molecule has 42 heavy (non-hydrogen) atoms. The minimum Gasteiger partial charge on any atom is -0.489 e. The number of rotatable bonds is 14. The van der Waals surface area contributed by atoms with Crippen LogP contribution in [0.4, 0.5) is 0 Å². The van der Waals surface area contributed by atoms with Gasteiger partial charge in [0.05, 0.1) is 26.4 Å². The minimum absolute atomic E-state index is 0.198. The van der Waals surface area contributed by atoms with Gasteiger partial charge in [-0.3, -0.25) is 29.5 Å². The first-order chi connectivity index (χ1) is 20.5. The maximum Gasteiger partial charge on any atom is 0.255 e. The number of hydrogen-bond acceptors (Lipinski definition) is 8. The van der Waals surface area contributed by atoms with E-state index in [1.807, 2.05) is 6.07 Å². The molecule has 0 spiro atoms. The van der Waals surface area contributed by atoms with Crippen LogP contribution >= 0.6 is 0 Å². The molecule has 226 valence electrons. The second kappa shape index (κ2) is 14.7. The lowest BCUT2D eigenvalue weighted by atomic mass is 10.0. The summed E-state index contributed by atoms with van der Waals surface area (Å²) in [6.45, 7) is 11.7. The van der Waals surface area contributed by atoms with Crippen LogP contribution in [0, 0.1) is 0 Å². The fraction of sp³-hybridized carbons (Fsp3) is 0.531. The van der Waals surface area contributed by atoms with Crippen molar-refractivity contribution in [2.75, 3.05) is 59.2 Å². The van der Waals surface area contributed by atoms with Crippen molar-refractivity contribution in [3.63, 3.8) is 0 Å². The Balaban J connectivity index is 1.05. The van der Waals surface area contributed by atoms with Crippen LogP contribution in [-0.4, -0.2) is 97.6 Å². The summed E-state index contributed by atoms with van der Waals surface area (Å²) in [5, 5.41) is 2.35. The molecule has 10 heteroatoms.